The Morgan fingerprint density at radius 3 is 2.68 bits per heavy atom. The first-order valence-corrected chi connectivity index (χ1v) is 11.9. The molecule has 202 valence electrons. The van der Waals surface area contributed by atoms with Gasteiger partial charge in [0.05, 0.1) is 24.3 Å². The molecule has 0 bridgehead atoms. The van der Waals surface area contributed by atoms with Crippen LogP contribution >= 0.6 is 0 Å². The predicted molar refractivity (Wildman–Crippen MR) is 130 cm³/mol. The van der Waals surface area contributed by atoms with Gasteiger partial charge in [0.1, 0.15) is 23.9 Å². The highest BCUT2D eigenvalue weighted by Gasteiger charge is 2.29. The highest BCUT2D eigenvalue weighted by atomic mass is 19.4. The number of carbonyl (C=O) groups is 2. The molecular formula is C26H26F4N4O4. The summed E-state index contributed by atoms with van der Waals surface area (Å²) in [6.45, 7) is 2.16. The molecule has 1 aliphatic rings. The maximum atomic E-state index is 15.0. The molecule has 2 heterocycles. The lowest BCUT2D eigenvalue weighted by molar-refractivity contribution is -0.176. The summed E-state index contributed by atoms with van der Waals surface area (Å²) in [6.07, 6.45) is -4.58. The van der Waals surface area contributed by atoms with E-state index in [1.807, 2.05) is 13.8 Å². The molecule has 4 rings (SSSR count). The average molecular weight is 535 g/mol. The van der Waals surface area contributed by atoms with Gasteiger partial charge < -0.3 is 20.1 Å². The minimum Gasteiger partial charge on any atom is -0.491 e. The summed E-state index contributed by atoms with van der Waals surface area (Å²) in [5, 5.41) is 9.66. The Labute approximate surface area is 215 Å². The first-order chi connectivity index (χ1) is 18.0. The van der Waals surface area contributed by atoms with Crippen LogP contribution in [0.15, 0.2) is 48.5 Å². The number of nitrogens with one attached hydrogen (secondary N) is 2. The molecule has 3 aromatic rings. The van der Waals surface area contributed by atoms with E-state index in [9.17, 15) is 22.8 Å². The maximum absolute atomic E-state index is 15.0. The first-order valence-electron chi connectivity index (χ1n) is 11.9. The summed E-state index contributed by atoms with van der Waals surface area (Å²) in [4.78, 5) is 24.2. The van der Waals surface area contributed by atoms with E-state index in [4.69, 9.17) is 9.47 Å². The van der Waals surface area contributed by atoms with Crippen LogP contribution in [0.25, 0.3) is 16.9 Å². The van der Waals surface area contributed by atoms with Crippen molar-refractivity contribution in [3.8, 4) is 22.7 Å². The van der Waals surface area contributed by atoms with Crippen LogP contribution in [0.5, 0.6) is 5.75 Å². The summed E-state index contributed by atoms with van der Waals surface area (Å²) in [5.74, 6) is -1.34. The van der Waals surface area contributed by atoms with Crippen molar-refractivity contribution in [1.29, 1.82) is 0 Å². The molecule has 12 heteroatoms. The van der Waals surface area contributed by atoms with Gasteiger partial charge in [-0.1, -0.05) is 18.2 Å². The number of alkyl halides is 3. The number of nitrogens with zero attached hydrogens (tertiary/aromatic N) is 2. The number of hydrogen-bond donors (Lipinski definition) is 2. The number of hydrogen-bond acceptors (Lipinski definition) is 5. The second-order valence-electron chi connectivity index (χ2n) is 9.11. The minimum absolute atomic E-state index is 0.0371. The second-order valence-corrected chi connectivity index (χ2v) is 9.11. The van der Waals surface area contributed by atoms with Crippen molar-refractivity contribution < 1.29 is 36.6 Å². The van der Waals surface area contributed by atoms with Crippen molar-refractivity contribution in [2.24, 2.45) is 5.92 Å². The molecule has 2 amide bonds. The van der Waals surface area contributed by atoms with Gasteiger partial charge in [-0.2, -0.15) is 13.2 Å². The van der Waals surface area contributed by atoms with E-state index in [0.717, 1.165) is 0 Å². The fraction of sp³-hybridized carbons (Fsp3) is 0.346. The molecule has 0 spiro atoms. The van der Waals surface area contributed by atoms with E-state index in [1.165, 1.54) is 28.9 Å². The number of halogens is 4. The third-order valence-corrected chi connectivity index (χ3v) is 5.58. The van der Waals surface area contributed by atoms with Gasteiger partial charge in [0, 0.05) is 30.7 Å². The highest BCUT2D eigenvalue weighted by Crippen LogP contribution is 2.30. The van der Waals surface area contributed by atoms with Gasteiger partial charge in [0.15, 0.2) is 5.82 Å². The van der Waals surface area contributed by atoms with Crippen molar-refractivity contribution >= 4 is 17.6 Å². The van der Waals surface area contributed by atoms with Crippen molar-refractivity contribution in [1.82, 2.24) is 15.1 Å². The van der Waals surface area contributed by atoms with Crippen molar-refractivity contribution in [2.45, 2.75) is 39.2 Å². The van der Waals surface area contributed by atoms with Crippen LogP contribution in [-0.4, -0.2) is 47.0 Å². The molecular weight excluding hydrogens is 508 g/mol. The molecule has 38 heavy (non-hydrogen) atoms. The lowest BCUT2D eigenvalue weighted by atomic mass is 10.1. The SMILES string of the molecule is CC(C)Oc1ccc(F)c(-n2nc(NC(=O)[C@@H]3CNC(=O)C3)cc2-c2cccc(COCC(F)(F)F)c2)c1. The quantitative estimate of drug-likeness (QED) is 0.391. The Morgan fingerprint density at radius 1 is 1.21 bits per heavy atom. The summed E-state index contributed by atoms with van der Waals surface area (Å²) >= 11 is 0. The number of aromatic nitrogens is 2. The fourth-order valence-corrected chi connectivity index (χ4v) is 3.96. The number of rotatable bonds is 9. The van der Waals surface area contributed by atoms with Crippen molar-refractivity contribution in [3.05, 3.63) is 59.9 Å². The molecule has 1 aliphatic heterocycles. The Hall–Kier alpha value is -3.93. The number of ether oxygens (including phenoxy) is 2. The van der Waals surface area contributed by atoms with E-state index in [2.05, 4.69) is 15.7 Å². The lowest BCUT2D eigenvalue weighted by Gasteiger charge is -2.14. The topological polar surface area (TPSA) is 94.5 Å². The average Bonchev–Trinajstić information content (AvgIpc) is 3.46. The molecule has 1 atom stereocenters. The van der Waals surface area contributed by atoms with E-state index < -0.39 is 30.4 Å². The van der Waals surface area contributed by atoms with E-state index in [-0.39, 0.29) is 43.1 Å². The molecule has 0 saturated carbocycles. The standard InChI is InChI=1S/C26H26F4N4O4/c1-15(2)38-19-6-7-20(27)22(10-19)34-21(11-23(33-34)32-25(36)18-9-24(35)31-12-18)17-5-3-4-16(8-17)13-37-14-26(28,29)30/h3-8,10-11,15,18H,9,12-14H2,1-2H3,(H,31,35)(H,32,33,36)/t18-/m0/s1. The van der Waals surface area contributed by atoms with Crippen LogP contribution in [0.4, 0.5) is 23.4 Å². The van der Waals surface area contributed by atoms with Crippen LogP contribution in [0.3, 0.4) is 0 Å². The first kappa shape index (κ1) is 27.1. The number of benzene rings is 2. The number of amides is 2. The molecule has 1 fully saturated rings. The lowest BCUT2D eigenvalue weighted by Crippen LogP contribution is -2.24. The molecule has 0 unspecified atom stereocenters. The number of carbonyl (C=O) groups excluding carboxylic acids is 2. The van der Waals surface area contributed by atoms with Gasteiger partial charge in [-0.3, -0.25) is 9.59 Å². The molecule has 2 aromatic carbocycles. The third-order valence-electron chi connectivity index (χ3n) is 5.58. The largest absolute Gasteiger partial charge is 0.491 e. The van der Waals surface area contributed by atoms with Crippen LogP contribution in [-0.2, 0) is 20.9 Å². The Morgan fingerprint density at radius 2 is 2.00 bits per heavy atom. The zero-order valence-electron chi connectivity index (χ0n) is 20.6. The van der Waals surface area contributed by atoms with Crippen LogP contribution in [0, 0.1) is 11.7 Å². The Bertz CT molecular complexity index is 1320. The normalized spacial score (nSPS) is 15.6. The zero-order chi connectivity index (χ0) is 27.4. The molecule has 1 aromatic heterocycles. The van der Waals surface area contributed by atoms with E-state index in [0.29, 0.717) is 22.6 Å². The summed E-state index contributed by atoms with van der Waals surface area (Å²) in [6, 6.07) is 12.2. The van der Waals surface area contributed by atoms with Gasteiger partial charge in [-0.05, 0) is 37.6 Å². The molecule has 1 saturated heterocycles. The van der Waals surface area contributed by atoms with Crippen molar-refractivity contribution in [2.75, 3.05) is 18.5 Å². The van der Waals surface area contributed by atoms with Gasteiger partial charge in [-0.25, -0.2) is 9.07 Å². The van der Waals surface area contributed by atoms with Crippen LogP contribution in [0.2, 0.25) is 0 Å². The zero-order valence-corrected chi connectivity index (χ0v) is 20.6. The fourth-order valence-electron chi connectivity index (χ4n) is 3.96. The molecule has 0 radical (unpaired) electrons. The van der Waals surface area contributed by atoms with Gasteiger partial charge >= 0.3 is 6.18 Å². The number of anilines is 1. The molecule has 2 N–H and O–H groups in total. The van der Waals surface area contributed by atoms with Crippen LogP contribution in [0.1, 0.15) is 25.8 Å². The summed E-state index contributed by atoms with van der Waals surface area (Å²) < 4.78 is 64.3. The van der Waals surface area contributed by atoms with Gasteiger partial charge in [0.2, 0.25) is 11.8 Å². The summed E-state index contributed by atoms with van der Waals surface area (Å²) in [7, 11) is 0. The maximum Gasteiger partial charge on any atom is 0.411 e. The third kappa shape index (κ3) is 6.88. The van der Waals surface area contributed by atoms with Gasteiger partial charge in [0.25, 0.3) is 0 Å². The smallest absolute Gasteiger partial charge is 0.411 e. The monoisotopic (exact) mass is 534 g/mol. The Kier molecular flexibility index (Phi) is 8.00. The minimum atomic E-state index is -4.45. The van der Waals surface area contributed by atoms with E-state index >= 15 is 4.39 Å². The van der Waals surface area contributed by atoms with Crippen LogP contribution < -0.4 is 15.4 Å². The summed E-state index contributed by atoms with van der Waals surface area (Å²) in [5.41, 5.74) is 1.35. The second kappa shape index (κ2) is 11.2. The molecule has 8 nitrogen and oxygen atoms in total. The Balaban J connectivity index is 1.70. The highest BCUT2D eigenvalue weighted by molar-refractivity contribution is 5.97. The predicted octanol–water partition coefficient (Wildman–Crippen LogP) is 4.62. The van der Waals surface area contributed by atoms with Crippen molar-refractivity contribution in [3.63, 3.8) is 0 Å². The molecule has 0 aliphatic carbocycles. The van der Waals surface area contributed by atoms with Gasteiger partial charge in [-0.15, -0.1) is 5.10 Å². The van der Waals surface area contributed by atoms with E-state index in [1.54, 1.807) is 24.3 Å².